The number of aliphatic hydroxyl groups is 2. The maximum Gasteiger partial charge on any atom is 0.131 e. The van der Waals surface area contributed by atoms with E-state index in [4.69, 9.17) is 10.2 Å². The lowest BCUT2D eigenvalue weighted by molar-refractivity contribution is 0.175. The summed E-state index contributed by atoms with van der Waals surface area (Å²) >= 11 is 1.56. The van der Waals surface area contributed by atoms with Gasteiger partial charge in [-0.25, -0.2) is 4.39 Å². The van der Waals surface area contributed by atoms with Crippen LogP contribution in [0.5, 0.6) is 0 Å². The van der Waals surface area contributed by atoms with Gasteiger partial charge in [0.05, 0.1) is 6.61 Å². The highest BCUT2D eigenvalue weighted by molar-refractivity contribution is 7.15. The number of hydrogen-bond donors (Lipinski definition) is 2. The van der Waals surface area contributed by atoms with E-state index in [1.54, 1.807) is 23.5 Å². The topological polar surface area (TPSA) is 43.7 Å². The number of hydrogen-bond acceptors (Lipinski definition) is 4. The van der Waals surface area contributed by atoms with Gasteiger partial charge in [0, 0.05) is 41.6 Å². The van der Waals surface area contributed by atoms with Crippen LogP contribution in [0.2, 0.25) is 0 Å². The molecular weight excluding hydrogens is 289 g/mol. The number of nitrogens with zero attached hydrogens (tertiary/aromatic N) is 1. The molecule has 0 aliphatic rings. The fourth-order valence-electron chi connectivity index (χ4n) is 2.19. The van der Waals surface area contributed by atoms with Gasteiger partial charge in [-0.3, -0.25) is 4.90 Å². The SMILES string of the molecule is OCCCN(CCO)Cc1ccc(-c2ccccc2F)s1. The van der Waals surface area contributed by atoms with E-state index in [9.17, 15) is 4.39 Å². The van der Waals surface area contributed by atoms with Crippen LogP contribution in [0.1, 0.15) is 11.3 Å². The van der Waals surface area contributed by atoms with Crippen LogP contribution in [0.15, 0.2) is 36.4 Å². The first kappa shape index (κ1) is 16.1. The van der Waals surface area contributed by atoms with E-state index in [2.05, 4.69) is 4.90 Å². The first-order chi connectivity index (χ1) is 10.2. The van der Waals surface area contributed by atoms with Crippen LogP contribution in [-0.4, -0.2) is 41.4 Å². The highest BCUT2D eigenvalue weighted by Crippen LogP contribution is 2.30. The lowest BCUT2D eigenvalue weighted by atomic mass is 10.2. The molecule has 0 unspecified atom stereocenters. The molecule has 1 aromatic carbocycles. The van der Waals surface area contributed by atoms with Crippen molar-refractivity contribution in [3.8, 4) is 10.4 Å². The summed E-state index contributed by atoms with van der Waals surface area (Å²) in [6.07, 6.45) is 0.686. The molecule has 114 valence electrons. The van der Waals surface area contributed by atoms with Gasteiger partial charge in [-0.2, -0.15) is 0 Å². The van der Waals surface area contributed by atoms with Crippen molar-refractivity contribution in [1.82, 2.24) is 4.90 Å². The monoisotopic (exact) mass is 309 g/mol. The highest BCUT2D eigenvalue weighted by Gasteiger charge is 2.10. The van der Waals surface area contributed by atoms with Crippen molar-refractivity contribution in [2.24, 2.45) is 0 Å². The number of aliphatic hydroxyl groups excluding tert-OH is 2. The van der Waals surface area contributed by atoms with Crippen molar-refractivity contribution in [1.29, 1.82) is 0 Å². The molecule has 1 aromatic heterocycles. The van der Waals surface area contributed by atoms with Crippen molar-refractivity contribution in [2.45, 2.75) is 13.0 Å². The number of benzene rings is 1. The minimum absolute atomic E-state index is 0.0942. The molecule has 0 atom stereocenters. The van der Waals surface area contributed by atoms with E-state index in [0.29, 0.717) is 25.1 Å². The Hall–Kier alpha value is -1.27. The van der Waals surface area contributed by atoms with Crippen LogP contribution in [0.25, 0.3) is 10.4 Å². The largest absolute Gasteiger partial charge is 0.396 e. The molecule has 3 nitrogen and oxygen atoms in total. The minimum Gasteiger partial charge on any atom is -0.396 e. The predicted octanol–water partition coefficient (Wildman–Crippen LogP) is 2.73. The van der Waals surface area contributed by atoms with E-state index in [-0.39, 0.29) is 19.0 Å². The van der Waals surface area contributed by atoms with Gasteiger partial charge in [-0.1, -0.05) is 18.2 Å². The Labute approximate surface area is 128 Å². The van der Waals surface area contributed by atoms with Crippen LogP contribution >= 0.6 is 11.3 Å². The molecule has 0 saturated heterocycles. The summed E-state index contributed by atoms with van der Waals surface area (Å²) in [5, 5.41) is 18.0. The summed E-state index contributed by atoms with van der Waals surface area (Å²) in [4.78, 5) is 4.13. The Morgan fingerprint density at radius 1 is 1.00 bits per heavy atom. The summed E-state index contributed by atoms with van der Waals surface area (Å²) in [6, 6.07) is 10.7. The average molecular weight is 309 g/mol. The van der Waals surface area contributed by atoms with E-state index < -0.39 is 0 Å². The van der Waals surface area contributed by atoms with Crippen molar-refractivity contribution in [3.05, 3.63) is 47.1 Å². The zero-order chi connectivity index (χ0) is 15.1. The van der Waals surface area contributed by atoms with E-state index in [1.165, 1.54) is 6.07 Å². The van der Waals surface area contributed by atoms with Gasteiger partial charge in [0.1, 0.15) is 5.82 Å². The fraction of sp³-hybridized carbons (Fsp3) is 0.375. The maximum atomic E-state index is 13.8. The Morgan fingerprint density at radius 2 is 1.81 bits per heavy atom. The Kier molecular flexibility index (Phi) is 6.32. The molecule has 0 bridgehead atoms. The number of thiophene rings is 1. The lowest BCUT2D eigenvalue weighted by Gasteiger charge is -2.19. The Bertz CT molecular complexity index is 559. The maximum absolute atomic E-state index is 13.8. The molecule has 2 N–H and O–H groups in total. The standard InChI is InChI=1S/C16H20FNO2S/c17-15-5-2-1-4-14(15)16-7-6-13(21-16)12-18(9-11-20)8-3-10-19/h1-2,4-7,19-20H,3,8-12H2. The number of rotatable bonds is 8. The van der Waals surface area contributed by atoms with Gasteiger partial charge in [0.25, 0.3) is 0 Å². The zero-order valence-electron chi connectivity index (χ0n) is 11.8. The summed E-state index contributed by atoms with van der Waals surface area (Å²) in [7, 11) is 0. The van der Waals surface area contributed by atoms with E-state index in [0.717, 1.165) is 16.3 Å². The zero-order valence-corrected chi connectivity index (χ0v) is 12.7. The molecule has 2 aromatic rings. The summed E-state index contributed by atoms with van der Waals surface area (Å²) in [6.45, 7) is 2.26. The molecule has 0 fully saturated rings. The van der Waals surface area contributed by atoms with E-state index in [1.807, 2.05) is 18.2 Å². The third kappa shape index (κ3) is 4.61. The summed E-state index contributed by atoms with van der Waals surface area (Å²) in [5.41, 5.74) is 0.623. The predicted molar refractivity (Wildman–Crippen MR) is 83.8 cm³/mol. The second-order valence-corrected chi connectivity index (χ2v) is 5.99. The smallest absolute Gasteiger partial charge is 0.131 e. The van der Waals surface area contributed by atoms with Gasteiger partial charge < -0.3 is 10.2 Å². The molecule has 1 heterocycles. The Morgan fingerprint density at radius 3 is 2.52 bits per heavy atom. The van der Waals surface area contributed by atoms with Crippen molar-refractivity contribution < 1.29 is 14.6 Å². The van der Waals surface area contributed by atoms with Crippen LogP contribution in [0.4, 0.5) is 4.39 Å². The molecule has 21 heavy (non-hydrogen) atoms. The fourth-order valence-corrected chi connectivity index (χ4v) is 3.27. The van der Waals surface area contributed by atoms with Gasteiger partial charge in [0.2, 0.25) is 0 Å². The molecule has 0 spiro atoms. The van der Waals surface area contributed by atoms with Crippen LogP contribution in [0.3, 0.4) is 0 Å². The van der Waals surface area contributed by atoms with Crippen LogP contribution in [-0.2, 0) is 6.54 Å². The molecule has 5 heteroatoms. The quantitative estimate of drug-likeness (QED) is 0.788. The Balaban J connectivity index is 2.06. The van der Waals surface area contributed by atoms with Crippen molar-refractivity contribution in [3.63, 3.8) is 0 Å². The second-order valence-electron chi connectivity index (χ2n) is 4.82. The van der Waals surface area contributed by atoms with Crippen molar-refractivity contribution >= 4 is 11.3 Å². The van der Waals surface area contributed by atoms with Crippen LogP contribution < -0.4 is 0 Å². The molecule has 0 saturated carbocycles. The first-order valence-corrected chi connectivity index (χ1v) is 7.84. The second kappa shape index (κ2) is 8.24. The first-order valence-electron chi connectivity index (χ1n) is 7.02. The van der Waals surface area contributed by atoms with Crippen LogP contribution in [0, 0.1) is 5.82 Å². The normalized spacial score (nSPS) is 11.2. The third-order valence-corrected chi connectivity index (χ3v) is 4.33. The third-order valence-electron chi connectivity index (χ3n) is 3.23. The number of halogens is 1. The molecular formula is C16H20FNO2S. The lowest BCUT2D eigenvalue weighted by Crippen LogP contribution is -2.27. The van der Waals surface area contributed by atoms with Crippen molar-refractivity contribution in [2.75, 3.05) is 26.3 Å². The molecule has 2 rings (SSSR count). The minimum atomic E-state index is -0.210. The molecule has 0 aliphatic heterocycles. The summed E-state index contributed by atoms with van der Waals surface area (Å²) < 4.78 is 13.8. The molecule has 0 radical (unpaired) electrons. The highest BCUT2D eigenvalue weighted by atomic mass is 32.1. The molecule has 0 amide bonds. The van der Waals surface area contributed by atoms with Gasteiger partial charge in [-0.05, 0) is 24.6 Å². The van der Waals surface area contributed by atoms with E-state index >= 15 is 0 Å². The van der Waals surface area contributed by atoms with Gasteiger partial charge in [-0.15, -0.1) is 11.3 Å². The van der Waals surface area contributed by atoms with Gasteiger partial charge in [0.15, 0.2) is 0 Å². The average Bonchev–Trinajstić information content (AvgIpc) is 2.94. The van der Waals surface area contributed by atoms with Gasteiger partial charge >= 0.3 is 0 Å². The molecule has 0 aliphatic carbocycles. The summed E-state index contributed by atoms with van der Waals surface area (Å²) in [5.74, 6) is -0.210.